The number of nitriles is 2. The normalized spacial score (nSPS) is 9.95. The first-order valence-electron chi connectivity index (χ1n) is 5.41. The number of hydrogen-bond donors (Lipinski definition) is 2. The number of nitrogens with zero attached hydrogens (tertiary/aromatic N) is 2. The summed E-state index contributed by atoms with van der Waals surface area (Å²) in [5, 5.41) is 17.8. The minimum absolute atomic E-state index is 0.0628. The minimum Gasteiger partial charge on any atom is -0.384 e. The molecule has 104 valence electrons. The minimum atomic E-state index is -0.842. The molecule has 0 radical (unpaired) electrons. The summed E-state index contributed by atoms with van der Waals surface area (Å²) in [6.45, 7) is 0. The second kappa shape index (κ2) is 5.45. The summed E-state index contributed by atoms with van der Waals surface area (Å²) in [5.41, 5.74) is 4.24. The molecule has 0 aliphatic heterocycles. The van der Waals surface area contributed by atoms with Crippen LogP contribution in [0, 0.1) is 28.5 Å². The van der Waals surface area contributed by atoms with Gasteiger partial charge in [-0.15, -0.1) is 0 Å². The summed E-state index contributed by atoms with van der Waals surface area (Å²) in [5.74, 6) is -1.06. The Morgan fingerprint density at radius 1 is 1.19 bits per heavy atom. The quantitative estimate of drug-likeness (QED) is 0.787. The first-order chi connectivity index (χ1) is 9.90. The van der Waals surface area contributed by atoms with Crippen molar-refractivity contribution >= 4 is 29.0 Å². The van der Waals surface area contributed by atoms with Crippen molar-refractivity contribution in [1.82, 2.24) is 4.98 Å². The highest BCUT2D eigenvalue weighted by molar-refractivity contribution is 6.42. The Labute approximate surface area is 127 Å². The van der Waals surface area contributed by atoms with Crippen LogP contribution in [0.1, 0.15) is 11.1 Å². The SMILES string of the molecule is N#Cc1c(N)[nH]c(=O)c(C#N)c1-c1cc(F)c(Cl)c(Cl)c1. The highest BCUT2D eigenvalue weighted by atomic mass is 35.5. The predicted octanol–water partition coefficient (Wildman–Crippen LogP) is 2.81. The van der Waals surface area contributed by atoms with Gasteiger partial charge < -0.3 is 10.7 Å². The molecule has 0 saturated heterocycles. The standard InChI is InChI=1S/C13H5Cl2FN4O/c14-8-1-5(2-9(16)11(8)15)10-6(3-17)12(19)20-13(21)7(10)4-18/h1-2H,(H3,19,20,21). The van der Waals surface area contributed by atoms with E-state index in [1.165, 1.54) is 6.07 Å². The van der Waals surface area contributed by atoms with E-state index in [2.05, 4.69) is 4.98 Å². The van der Waals surface area contributed by atoms with E-state index in [0.717, 1.165) is 6.07 Å². The number of rotatable bonds is 1. The number of anilines is 1. The number of H-pyrrole nitrogens is 1. The number of aromatic nitrogens is 1. The van der Waals surface area contributed by atoms with Crippen LogP contribution >= 0.6 is 23.2 Å². The fourth-order valence-electron chi connectivity index (χ4n) is 1.83. The maximum atomic E-state index is 13.7. The molecule has 21 heavy (non-hydrogen) atoms. The molecule has 0 aliphatic carbocycles. The number of aromatic amines is 1. The number of halogens is 3. The Kier molecular flexibility index (Phi) is 3.86. The van der Waals surface area contributed by atoms with Gasteiger partial charge in [0.1, 0.15) is 34.9 Å². The van der Waals surface area contributed by atoms with Crippen molar-refractivity contribution in [2.75, 3.05) is 5.73 Å². The lowest BCUT2D eigenvalue weighted by Gasteiger charge is -2.10. The van der Waals surface area contributed by atoms with Crippen molar-refractivity contribution in [3.8, 4) is 23.3 Å². The second-order valence-electron chi connectivity index (χ2n) is 3.97. The third kappa shape index (κ3) is 2.43. The molecule has 1 heterocycles. The smallest absolute Gasteiger partial charge is 0.268 e. The summed E-state index contributed by atoms with van der Waals surface area (Å²) in [6, 6.07) is 5.67. The molecule has 8 heteroatoms. The molecule has 1 aromatic carbocycles. The Balaban J connectivity index is 2.97. The molecule has 5 nitrogen and oxygen atoms in total. The zero-order valence-electron chi connectivity index (χ0n) is 10.2. The van der Waals surface area contributed by atoms with Gasteiger partial charge in [-0.05, 0) is 17.7 Å². The second-order valence-corrected chi connectivity index (χ2v) is 4.76. The lowest BCUT2D eigenvalue weighted by Crippen LogP contribution is -2.16. The fourth-order valence-corrected chi connectivity index (χ4v) is 2.15. The maximum Gasteiger partial charge on any atom is 0.268 e. The molecule has 2 aromatic rings. The summed E-state index contributed by atoms with van der Waals surface area (Å²) in [7, 11) is 0. The number of nitrogen functional groups attached to an aromatic ring is 1. The highest BCUT2D eigenvalue weighted by Crippen LogP contribution is 2.34. The van der Waals surface area contributed by atoms with E-state index in [1.807, 2.05) is 0 Å². The third-order valence-corrected chi connectivity index (χ3v) is 3.52. The number of hydrogen-bond acceptors (Lipinski definition) is 4. The van der Waals surface area contributed by atoms with Gasteiger partial charge in [0.25, 0.3) is 5.56 Å². The molecular weight excluding hydrogens is 318 g/mol. The number of nitrogens with two attached hydrogens (primary N) is 1. The first kappa shape index (κ1) is 14.9. The van der Waals surface area contributed by atoms with E-state index < -0.39 is 11.4 Å². The maximum absolute atomic E-state index is 13.7. The van der Waals surface area contributed by atoms with E-state index in [1.54, 1.807) is 12.1 Å². The van der Waals surface area contributed by atoms with Crippen molar-refractivity contribution in [2.24, 2.45) is 0 Å². The lowest BCUT2D eigenvalue weighted by molar-refractivity contribution is 0.629. The van der Waals surface area contributed by atoms with Crippen LogP contribution in [0.15, 0.2) is 16.9 Å². The van der Waals surface area contributed by atoms with Crippen molar-refractivity contribution in [3.05, 3.63) is 49.5 Å². The lowest BCUT2D eigenvalue weighted by atomic mass is 9.96. The van der Waals surface area contributed by atoms with Gasteiger partial charge in [-0.1, -0.05) is 23.2 Å². The summed E-state index contributed by atoms with van der Waals surface area (Å²) < 4.78 is 13.7. The predicted molar refractivity (Wildman–Crippen MR) is 76.3 cm³/mol. The fraction of sp³-hybridized carbons (Fsp3) is 0. The average molecular weight is 323 g/mol. The molecule has 3 N–H and O–H groups in total. The highest BCUT2D eigenvalue weighted by Gasteiger charge is 2.20. The van der Waals surface area contributed by atoms with Crippen LogP contribution in [-0.4, -0.2) is 4.98 Å². The molecule has 0 saturated carbocycles. The van der Waals surface area contributed by atoms with E-state index >= 15 is 0 Å². The Bertz CT molecular complexity index is 870. The van der Waals surface area contributed by atoms with Gasteiger partial charge >= 0.3 is 0 Å². The molecule has 0 bridgehead atoms. The largest absolute Gasteiger partial charge is 0.384 e. The number of nitrogens with one attached hydrogen (secondary N) is 1. The average Bonchev–Trinajstić information content (AvgIpc) is 2.43. The van der Waals surface area contributed by atoms with Crippen molar-refractivity contribution in [2.45, 2.75) is 0 Å². The zero-order valence-corrected chi connectivity index (χ0v) is 11.7. The molecule has 0 spiro atoms. The summed E-state index contributed by atoms with van der Waals surface area (Å²) in [6.07, 6.45) is 0. The number of benzene rings is 1. The van der Waals surface area contributed by atoms with Crippen molar-refractivity contribution < 1.29 is 4.39 Å². The number of pyridine rings is 1. The van der Waals surface area contributed by atoms with Crippen LogP contribution in [0.25, 0.3) is 11.1 Å². The topological polar surface area (TPSA) is 106 Å². The van der Waals surface area contributed by atoms with Crippen LogP contribution < -0.4 is 11.3 Å². The van der Waals surface area contributed by atoms with Gasteiger partial charge in [0.2, 0.25) is 0 Å². The monoisotopic (exact) mass is 322 g/mol. The van der Waals surface area contributed by atoms with Gasteiger partial charge in [-0.3, -0.25) is 4.79 Å². The first-order valence-corrected chi connectivity index (χ1v) is 6.17. The summed E-state index contributed by atoms with van der Waals surface area (Å²) >= 11 is 11.4. The van der Waals surface area contributed by atoms with Gasteiger partial charge in [-0.25, -0.2) is 4.39 Å². The summed E-state index contributed by atoms with van der Waals surface area (Å²) in [4.78, 5) is 13.9. The molecular formula is C13H5Cl2FN4O. The van der Waals surface area contributed by atoms with Gasteiger partial charge in [0.05, 0.1) is 10.0 Å². The van der Waals surface area contributed by atoms with Crippen LogP contribution in [0.4, 0.5) is 10.2 Å². The van der Waals surface area contributed by atoms with E-state index in [-0.39, 0.29) is 38.1 Å². The van der Waals surface area contributed by atoms with Gasteiger partial charge in [0.15, 0.2) is 0 Å². The van der Waals surface area contributed by atoms with Gasteiger partial charge in [0, 0.05) is 5.56 Å². The molecule has 2 rings (SSSR count). The molecule has 1 aromatic heterocycles. The van der Waals surface area contributed by atoms with E-state index in [4.69, 9.17) is 39.5 Å². The molecule has 0 amide bonds. The van der Waals surface area contributed by atoms with Crippen molar-refractivity contribution in [3.63, 3.8) is 0 Å². The van der Waals surface area contributed by atoms with Crippen LogP contribution in [0.2, 0.25) is 10.0 Å². The Hall–Kier alpha value is -2.54. The van der Waals surface area contributed by atoms with Crippen molar-refractivity contribution in [1.29, 1.82) is 10.5 Å². The van der Waals surface area contributed by atoms with Crippen LogP contribution in [0.3, 0.4) is 0 Å². The third-order valence-electron chi connectivity index (χ3n) is 2.74. The van der Waals surface area contributed by atoms with Crippen LogP contribution in [-0.2, 0) is 0 Å². The van der Waals surface area contributed by atoms with E-state index in [0.29, 0.717) is 0 Å². The van der Waals surface area contributed by atoms with Crippen LogP contribution in [0.5, 0.6) is 0 Å². The molecule has 0 aliphatic rings. The molecule has 0 fully saturated rings. The Morgan fingerprint density at radius 2 is 1.81 bits per heavy atom. The zero-order chi connectivity index (χ0) is 15.7. The molecule has 0 atom stereocenters. The van der Waals surface area contributed by atoms with Gasteiger partial charge in [-0.2, -0.15) is 10.5 Å². The Morgan fingerprint density at radius 3 is 2.33 bits per heavy atom. The van der Waals surface area contributed by atoms with E-state index in [9.17, 15) is 9.18 Å². The molecule has 0 unspecified atom stereocenters.